The van der Waals surface area contributed by atoms with E-state index in [-0.39, 0.29) is 0 Å². The maximum atomic E-state index is 5.12. The van der Waals surface area contributed by atoms with E-state index < -0.39 is 0 Å². The third-order valence-corrected chi connectivity index (χ3v) is 8.77. The zero-order valence-corrected chi connectivity index (χ0v) is 24.1. The van der Waals surface area contributed by atoms with Crippen molar-refractivity contribution in [1.82, 2.24) is 19.4 Å². The fourth-order valence-electron chi connectivity index (χ4n) is 6.78. The molecule has 4 heterocycles. The van der Waals surface area contributed by atoms with E-state index >= 15 is 0 Å². The number of imidazole rings is 1. The van der Waals surface area contributed by atoms with E-state index in [1.807, 2.05) is 24.5 Å². The number of rotatable bonds is 3. The van der Waals surface area contributed by atoms with Crippen LogP contribution in [0, 0.1) is 0 Å². The van der Waals surface area contributed by atoms with Gasteiger partial charge < -0.3 is 0 Å². The lowest BCUT2D eigenvalue weighted by molar-refractivity contribution is 1.27. The van der Waals surface area contributed by atoms with Crippen molar-refractivity contribution in [1.29, 1.82) is 0 Å². The smallest absolute Gasteiger partial charge is 0.148 e. The van der Waals surface area contributed by atoms with Gasteiger partial charge in [-0.15, -0.1) is 0 Å². The van der Waals surface area contributed by atoms with E-state index in [0.29, 0.717) is 0 Å². The molecule has 4 heteroatoms. The molecule has 0 atom stereocenters. The molecule has 0 radical (unpaired) electrons. The average Bonchev–Trinajstić information content (AvgIpc) is 3.48. The van der Waals surface area contributed by atoms with Gasteiger partial charge in [-0.25, -0.2) is 4.98 Å². The zero-order valence-electron chi connectivity index (χ0n) is 24.1. The number of benzene rings is 5. The second-order valence-corrected chi connectivity index (χ2v) is 11.2. The quantitative estimate of drug-likeness (QED) is 0.201. The molecule has 0 bridgehead atoms. The number of pyridine rings is 3. The lowest BCUT2D eigenvalue weighted by atomic mass is 9.90. The van der Waals surface area contributed by atoms with Crippen LogP contribution in [0.3, 0.4) is 0 Å². The normalized spacial score (nSPS) is 12.1. The molecule has 0 amide bonds. The van der Waals surface area contributed by atoms with Crippen LogP contribution < -0.4 is 0 Å². The summed E-state index contributed by atoms with van der Waals surface area (Å²) in [6.07, 6.45) is 8.02. The Morgan fingerprint density at radius 3 is 2.20 bits per heavy atom. The zero-order chi connectivity index (χ0) is 29.2. The van der Waals surface area contributed by atoms with Crippen LogP contribution in [-0.2, 0) is 0 Å². The number of allylic oxidation sites excluding steroid dienone is 1. The van der Waals surface area contributed by atoms with Crippen LogP contribution in [0.2, 0.25) is 0 Å². The molecule has 0 N–H and O–H groups in total. The van der Waals surface area contributed by atoms with E-state index in [1.54, 1.807) is 0 Å². The summed E-state index contributed by atoms with van der Waals surface area (Å²) in [4.78, 5) is 14.5. The fraction of sp³-hybridized carbons (Fsp3) is 0.0250. The Morgan fingerprint density at radius 1 is 0.591 bits per heavy atom. The van der Waals surface area contributed by atoms with E-state index in [9.17, 15) is 0 Å². The van der Waals surface area contributed by atoms with Crippen molar-refractivity contribution in [2.75, 3.05) is 0 Å². The summed E-state index contributed by atoms with van der Waals surface area (Å²) in [5.41, 5.74) is 11.6. The van der Waals surface area contributed by atoms with Crippen molar-refractivity contribution in [3.63, 3.8) is 0 Å². The predicted octanol–water partition coefficient (Wildman–Crippen LogP) is 10.3. The summed E-state index contributed by atoms with van der Waals surface area (Å²) < 4.78 is 2.21. The van der Waals surface area contributed by atoms with Crippen molar-refractivity contribution in [3.05, 3.63) is 139 Å². The highest BCUT2D eigenvalue weighted by Gasteiger charge is 2.16. The molecule has 0 aliphatic carbocycles. The topological polar surface area (TPSA) is 43.1 Å². The Morgan fingerprint density at radius 2 is 1.32 bits per heavy atom. The van der Waals surface area contributed by atoms with E-state index in [1.165, 1.54) is 38.2 Å². The van der Waals surface area contributed by atoms with Crippen molar-refractivity contribution in [3.8, 4) is 22.3 Å². The Kier molecular flexibility index (Phi) is 5.38. The second kappa shape index (κ2) is 9.58. The summed E-state index contributed by atoms with van der Waals surface area (Å²) in [5.74, 6) is 0. The van der Waals surface area contributed by atoms with Crippen LogP contribution in [0.5, 0.6) is 0 Å². The Bertz CT molecular complexity index is 2610. The highest BCUT2D eigenvalue weighted by atomic mass is 15.0. The molecule has 206 valence electrons. The molecule has 0 fully saturated rings. The van der Waals surface area contributed by atoms with E-state index in [0.717, 1.165) is 49.7 Å². The van der Waals surface area contributed by atoms with Gasteiger partial charge in [-0.3, -0.25) is 14.4 Å². The average molecular weight is 563 g/mol. The van der Waals surface area contributed by atoms with Crippen LogP contribution in [0.25, 0.3) is 88.5 Å². The van der Waals surface area contributed by atoms with Crippen LogP contribution in [0.1, 0.15) is 12.5 Å². The summed E-state index contributed by atoms with van der Waals surface area (Å²) in [5, 5.41) is 6.09. The van der Waals surface area contributed by atoms with Gasteiger partial charge in [-0.2, -0.15) is 0 Å². The molecule has 0 unspecified atom stereocenters. The highest BCUT2D eigenvalue weighted by molar-refractivity contribution is 6.14. The number of fused-ring (bicyclic) bond motifs is 11. The molecular formula is C40H26N4. The molecule has 0 saturated heterocycles. The maximum Gasteiger partial charge on any atom is 0.148 e. The first-order chi connectivity index (χ1) is 21.8. The highest BCUT2D eigenvalue weighted by Crippen LogP contribution is 2.37. The van der Waals surface area contributed by atoms with Gasteiger partial charge in [0.25, 0.3) is 0 Å². The van der Waals surface area contributed by atoms with Crippen molar-refractivity contribution in [2.24, 2.45) is 0 Å². The van der Waals surface area contributed by atoms with E-state index in [4.69, 9.17) is 4.98 Å². The second-order valence-electron chi connectivity index (χ2n) is 11.2. The van der Waals surface area contributed by atoms with Gasteiger partial charge >= 0.3 is 0 Å². The molecule has 4 aromatic heterocycles. The van der Waals surface area contributed by atoms with E-state index in [2.05, 4.69) is 137 Å². The Labute approximate surface area is 253 Å². The molecule has 0 saturated carbocycles. The largest absolute Gasteiger partial charge is 0.290 e. The monoisotopic (exact) mass is 562 g/mol. The summed E-state index contributed by atoms with van der Waals surface area (Å²) in [6.45, 7) is 2.09. The van der Waals surface area contributed by atoms with Crippen LogP contribution in [0.4, 0.5) is 0 Å². The lowest BCUT2D eigenvalue weighted by Crippen LogP contribution is -1.94. The molecule has 0 aliphatic heterocycles. The first kappa shape index (κ1) is 24.7. The number of aromatic nitrogens is 4. The van der Waals surface area contributed by atoms with Crippen molar-refractivity contribution >= 4 is 66.2 Å². The van der Waals surface area contributed by atoms with Crippen LogP contribution in [-0.4, -0.2) is 19.4 Å². The fourth-order valence-corrected chi connectivity index (χ4v) is 6.78. The molecule has 9 aromatic rings. The summed E-state index contributed by atoms with van der Waals surface area (Å²) in [7, 11) is 0. The van der Waals surface area contributed by atoms with Crippen molar-refractivity contribution < 1.29 is 0 Å². The van der Waals surface area contributed by atoms with Gasteiger partial charge in [-0.05, 0) is 92.7 Å². The van der Waals surface area contributed by atoms with Gasteiger partial charge in [0.15, 0.2) is 0 Å². The molecule has 5 aromatic carbocycles. The van der Waals surface area contributed by atoms with Gasteiger partial charge in [0.05, 0.1) is 16.6 Å². The first-order valence-corrected chi connectivity index (χ1v) is 14.9. The molecule has 0 spiro atoms. The number of hydrogen-bond donors (Lipinski definition) is 0. The standard InChI is InChI=1S/C40H26N4/c1-2-7-32-30(20-18-28-17-16-26-8-3-4-9-31(26)37(28)32)27-14-12-25(13-15-27)29-19-21-35-34(24-29)43-40-33-10-5-22-41-38(33)39-36(44(35)40)11-6-23-42-39/h2-24H,1H3/b7-2-. The molecule has 9 rings (SSSR count). The van der Waals surface area contributed by atoms with Crippen molar-refractivity contribution in [2.45, 2.75) is 6.92 Å². The number of hydrogen-bond acceptors (Lipinski definition) is 3. The van der Waals surface area contributed by atoms with Gasteiger partial charge in [-0.1, -0.05) is 91.0 Å². The first-order valence-electron chi connectivity index (χ1n) is 14.9. The molecule has 44 heavy (non-hydrogen) atoms. The van der Waals surface area contributed by atoms with Crippen LogP contribution in [0.15, 0.2) is 134 Å². The van der Waals surface area contributed by atoms with Gasteiger partial charge in [0, 0.05) is 17.8 Å². The van der Waals surface area contributed by atoms with Crippen LogP contribution >= 0.6 is 0 Å². The molecular weight excluding hydrogens is 536 g/mol. The summed E-state index contributed by atoms with van der Waals surface area (Å²) >= 11 is 0. The Balaban J connectivity index is 1.18. The minimum Gasteiger partial charge on any atom is -0.290 e. The SMILES string of the molecule is C/C=C\c1c(-c2ccc(-c3ccc4c(c3)nc3c5cccnc5c5ncccc5n43)cc2)ccc2ccc3ccccc3c12. The molecule has 4 nitrogen and oxygen atoms in total. The minimum atomic E-state index is 0.876. The minimum absolute atomic E-state index is 0.876. The van der Waals surface area contributed by atoms with Gasteiger partial charge in [0.2, 0.25) is 0 Å². The predicted molar refractivity (Wildman–Crippen MR) is 184 cm³/mol. The lowest BCUT2D eigenvalue weighted by Gasteiger charge is -2.14. The third kappa shape index (κ3) is 3.61. The molecule has 0 aliphatic rings. The Hall–Kier alpha value is -5.87. The summed E-state index contributed by atoms with van der Waals surface area (Å²) in [6, 6.07) is 41.2. The third-order valence-electron chi connectivity index (χ3n) is 8.77. The van der Waals surface area contributed by atoms with Gasteiger partial charge in [0.1, 0.15) is 16.7 Å². The number of nitrogens with zero attached hydrogens (tertiary/aromatic N) is 4. The maximum absolute atomic E-state index is 5.12.